The smallest absolute Gasteiger partial charge is 0.320 e. The predicted octanol–water partition coefficient (Wildman–Crippen LogP) is -0.724. The topological polar surface area (TPSA) is 109 Å². The second-order valence-electron chi connectivity index (χ2n) is 1.95. The van der Waals surface area contributed by atoms with Gasteiger partial charge in [-0.1, -0.05) is 5.16 Å². The van der Waals surface area contributed by atoms with Crippen molar-refractivity contribution in [1.29, 1.82) is 5.26 Å². The van der Waals surface area contributed by atoms with Crippen LogP contribution in [0.3, 0.4) is 0 Å². The van der Waals surface area contributed by atoms with Crippen molar-refractivity contribution in [2.24, 2.45) is 5.73 Å². The minimum Gasteiger partial charge on any atom is -0.320 e. The van der Waals surface area contributed by atoms with Gasteiger partial charge >= 0.3 is 5.76 Å². The van der Waals surface area contributed by atoms with Crippen LogP contribution in [0.25, 0.3) is 0 Å². The van der Waals surface area contributed by atoms with Gasteiger partial charge in [-0.15, -0.1) is 0 Å². The summed E-state index contributed by atoms with van der Waals surface area (Å²) in [5.74, 6) is -0.454. The Balaban J connectivity index is 2.78. The van der Waals surface area contributed by atoms with Gasteiger partial charge in [0.05, 0.1) is 18.5 Å². The number of hydrogen-bond acceptors (Lipinski definition) is 5. The molecule has 0 aromatic carbocycles. The Hall–Kier alpha value is -1.61. The van der Waals surface area contributed by atoms with Gasteiger partial charge in [-0.3, -0.25) is 9.51 Å². The zero-order chi connectivity index (χ0) is 8.27. The molecule has 0 amide bonds. The van der Waals surface area contributed by atoms with E-state index in [9.17, 15) is 4.79 Å². The summed E-state index contributed by atoms with van der Waals surface area (Å²) in [6, 6.07) is 1.27. The van der Waals surface area contributed by atoms with Gasteiger partial charge in [-0.2, -0.15) is 5.26 Å². The summed E-state index contributed by atoms with van der Waals surface area (Å²) in [4.78, 5) is 12.6. The molecule has 0 saturated carbocycles. The number of nitrogens with one attached hydrogen (secondary N) is 1. The van der Waals surface area contributed by atoms with Crippen LogP contribution >= 0.6 is 0 Å². The number of nitrogens with zero attached hydrogens (tertiary/aromatic N) is 2. The summed E-state index contributed by atoms with van der Waals surface area (Å²) in [5.41, 5.74) is 5.40. The van der Waals surface area contributed by atoms with E-state index in [1.807, 2.05) is 6.07 Å². The lowest BCUT2D eigenvalue weighted by atomic mass is 10.2. The number of aromatic nitrogens is 2. The zero-order valence-electron chi connectivity index (χ0n) is 5.57. The fourth-order valence-electron chi connectivity index (χ4n) is 0.596. The van der Waals surface area contributed by atoms with Crippen LogP contribution in [-0.2, 0) is 0 Å². The first-order valence-corrected chi connectivity index (χ1v) is 2.92. The molecule has 1 heterocycles. The highest BCUT2D eigenvalue weighted by atomic mass is 16.5. The van der Waals surface area contributed by atoms with Crippen molar-refractivity contribution in [2.75, 3.05) is 0 Å². The van der Waals surface area contributed by atoms with Crippen LogP contribution in [-0.4, -0.2) is 10.1 Å². The minimum atomic E-state index is -0.659. The van der Waals surface area contributed by atoms with Crippen molar-refractivity contribution in [3.8, 4) is 6.07 Å². The van der Waals surface area contributed by atoms with Crippen molar-refractivity contribution < 1.29 is 4.52 Å². The van der Waals surface area contributed by atoms with E-state index in [0.29, 0.717) is 0 Å². The largest absolute Gasteiger partial charge is 0.438 e. The van der Waals surface area contributed by atoms with Crippen LogP contribution in [0, 0.1) is 11.3 Å². The molecule has 0 bridgehead atoms. The lowest BCUT2D eigenvalue weighted by molar-refractivity contribution is 0.377. The minimum absolute atomic E-state index is 0.0997. The van der Waals surface area contributed by atoms with Crippen LogP contribution in [0.15, 0.2) is 9.32 Å². The second-order valence-corrected chi connectivity index (χ2v) is 1.95. The molecule has 0 aliphatic carbocycles. The van der Waals surface area contributed by atoms with Crippen molar-refractivity contribution in [1.82, 2.24) is 10.1 Å². The number of hydrogen-bond donors (Lipinski definition) is 2. The molecule has 0 unspecified atom stereocenters. The van der Waals surface area contributed by atoms with E-state index in [-0.39, 0.29) is 12.2 Å². The molecule has 0 spiro atoms. The molecule has 1 aromatic rings. The Morgan fingerprint density at radius 1 is 1.91 bits per heavy atom. The van der Waals surface area contributed by atoms with E-state index in [2.05, 4.69) is 14.7 Å². The number of rotatable bonds is 2. The molecule has 1 atom stereocenters. The maximum Gasteiger partial charge on any atom is 0.438 e. The van der Waals surface area contributed by atoms with E-state index in [0.717, 1.165) is 0 Å². The van der Waals surface area contributed by atoms with Crippen molar-refractivity contribution in [3.05, 3.63) is 16.4 Å². The molecule has 6 nitrogen and oxygen atoms in total. The van der Waals surface area contributed by atoms with Gasteiger partial charge < -0.3 is 5.73 Å². The quantitative estimate of drug-likeness (QED) is 0.584. The molecule has 6 heteroatoms. The fourth-order valence-corrected chi connectivity index (χ4v) is 0.596. The van der Waals surface area contributed by atoms with E-state index in [1.54, 1.807) is 0 Å². The summed E-state index contributed by atoms with van der Waals surface area (Å²) in [6.45, 7) is 0. The Bertz CT molecular complexity index is 320. The molecular formula is C5H6N4O2. The molecule has 0 aliphatic rings. The molecule has 3 N–H and O–H groups in total. The molecule has 1 rings (SSSR count). The average Bonchev–Trinajstić information content (AvgIpc) is 2.36. The molecule has 58 valence electrons. The Morgan fingerprint density at radius 3 is 3.09 bits per heavy atom. The van der Waals surface area contributed by atoms with Gasteiger partial charge in [-0.05, 0) is 0 Å². The number of nitriles is 1. The molecular weight excluding hydrogens is 148 g/mol. The van der Waals surface area contributed by atoms with E-state index in [1.165, 1.54) is 0 Å². The van der Waals surface area contributed by atoms with Gasteiger partial charge in [0.2, 0.25) is 0 Å². The molecule has 11 heavy (non-hydrogen) atoms. The van der Waals surface area contributed by atoms with Gasteiger partial charge in [0.15, 0.2) is 5.82 Å². The standard InChI is InChI=1S/C5H6N4O2/c6-2-1-3(7)4-8-5(10)11-9-4/h3H,1,7H2,(H,8,9,10)/t3-/m0/s1. The number of aromatic amines is 1. The third kappa shape index (κ3) is 1.65. The second kappa shape index (κ2) is 2.98. The van der Waals surface area contributed by atoms with E-state index < -0.39 is 11.8 Å². The normalized spacial score (nSPS) is 12.4. The first-order valence-electron chi connectivity index (χ1n) is 2.92. The summed E-state index contributed by atoms with van der Waals surface area (Å²) in [6.07, 6.45) is 0.0997. The van der Waals surface area contributed by atoms with Crippen LogP contribution in [0.1, 0.15) is 18.3 Å². The number of nitrogens with two attached hydrogens (primary N) is 1. The Morgan fingerprint density at radius 2 is 2.64 bits per heavy atom. The van der Waals surface area contributed by atoms with Crippen LogP contribution < -0.4 is 11.5 Å². The zero-order valence-corrected chi connectivity index (χ0v) is 5.57. The first-order chi connectivity index (χ1) is 5.24. The third-order valence-electron chi connectivity index (χ3n) is 1.12. The van der Waals surface area contributed by atoms with Crippen LogP contribution in [0.2, 0.25) is 0 Å². The lowest BCUT2D eigenvalue weighted by Crippen LogP contribution is -2.12. The average molecular weight is 154 g/mol. The lowest BCUT2D eigenvalue weighted by Gasteiger charge is -1.97. The van der Waals surface area contributed by atoms with E-state index >= 15 is 0 Å². The predicted molar refractivity (Wildman–Crippen MR) is 34.3 cm³/mol. The van der Waals surface area contributed by atoms with Crippen LogP contribution in [0.5, 0.6) is 0 Å². The number of H-pyrrole nitrogens is 1. The summed E-state index contributed by atoms with van der Waals surface area (Å²) in [7, 11) is 0. The van der Waals surface area contributed by atoms with Crippen LogP contribution in [0.4, 0.5) is 0 Å². The van der Waals surface area contributed by atoms with E-state index in [4.69, 9.17) is 11.0 Å². The maximum atomic E-state index is 10.4. The summed E-state index contributed by atoms with van der Waals surface area (Å²) >= 11 is 0. The molecule has 1 aromatic heterocycles. The third-order valence-corrected chi connectivity index (χ3v) is 1.12. The fraction of sp³-hybridized carbons (Fsp3) is 0.400. The molecule has 0 saturated heterocycles. The summed E-state index contributed by atoms with van der Waals surface area (Å²) < 4.78 is 4.18. The Kier molecular flexibility index (Phi) is 2.03. The van der Waals surface area contributed by atoms with Gasteiger partial charge in [-0.25, -0.2) is 4.79 Å². The highest BCUT2D eigenvalue weighted by molar-refractivity contribution is 4.93. The van der Waals surface area contributed by atoms with Crippen molar-refractivity contribution in [3.63, 3.8) is 0 Å². The first kappa shape index (κ1) is 7.50. The highest BCUT2D eigenvalue weighted by Gasteiger charge is 2.09. The van der Waals surface area contributed by atoms with Gasteiger partial charge in [0, 0.05) is 0 Å². The van der Waals surface area contributed by atoms with Crippen molar-refractivity contribution in [2.45, 2.75) is 12.5 Å². The van der Waals surface area contributed by atoms with Gasteiger partial charge in [0.1, 0.15) is 0 Å². The van der Waals surface area contributed by atoms with Crippen molar-refractivity contribution >= 4 is 0 Å². The Labute approximate surface area is 61.6 Å². The molecule has 0 fully saturated rings. The molecule has 0 radical (unpaired) electrons. The monoisotopic (exact) mass is 154 g/mol. The maximum absolute atomic E-state index is 10.4. The highest BCUT2D eigenvalue weighted by Crippen LogP contribution is 2.04. The molecule has 0 aliphatic heterocycles. The van der Waals surface area contributed by atoms with Gasteiger partial charge in [0.25, 0.3) is 0 Å². The summed E-state index contributed by atoms with van der Waals surface area (Å²) in [5, 5.41) is 11.5. The SMILES string of the molecule is N#CC[C@H](N)c1noc(=O)[nH]1.